The SMILES string of the molecule is Cn1nc(CCn2cncn2)cc1C(=O)O. The topological polar surface area (TPSA) is 85.8 Å². The fourth-order valence-electron chi connectivity index (χ4n) is 1.43. The van der Waals surface area contributed by atoms with E-state index in [-0.39, 0.29) is 5.69 Å². The highest BCUT2D eigenvalue weighted by molar-refractivity contribution is 5.85. The quantitative estimate of drug-likeness (QED) is 0.782. The van der Waals surface area contributed by atoms with Gasteiger partial charge in [0.2, 0.25) is 0 Å². The Morgan fingerprint density at radius 3 is 2.94 bits per heavy atom. The number of nitrogens with zero attached hydrogens (tertiary/aromatic N) is 5. The minimum absolute atomic E-state index is 0.189. The van der Waals surface area contributed by atoms with E-state index < -0.39 is 5.97 Å². The van der Waals surface area contributed by atoms with Gasteiger partial charge in [0.25, 0.3) is 0 Å². The Hall–Kier alpha value is -2.18. The smallest absolute Gasteiger partial charge is 0.354 e. The van der Waals surface area contributed by atoms with Crippen LogP contribution in [0.3, 0.4) is 0 Å². The second-order valence-corrected chi connectivity index (χ2v) is 3.36. The van der Waals surface area contributed by atoms with E-state index >= 15 is 0 Å². The molecule has 2 aromatic heterocycles. The molecule has 16 heavy (non-hydrogen) atoms. The summed E-state index contributed by atoms with van der Waals surface area (Å²) in [6.45, 7) is 0.635. The second-order valence-electron chi connectivity index (χ2n) is 3.36. The molecule has 2 heterocycles. The van der Waals surface area contributed by atoms with Crippen LogP contribution in [-0.2, 0) is 20.0 Å². The molecule has 2 rings (SSSR count). The third-order valence-corrected chi connectivity index (χ3v) is 2.21. The van der Waals surface area contributed by atoms with Crippen LogP contribution in [0.1, 0.15) is 16.2 Å². The molecule has 84 valence electrons. The van der Waals surface area contributed by atoms with Crippen molar-refractivity contribution in [3.8, 4) is 0 Å². The predicted octanol–water partition coefficient (Wildman–Crippen LogP) is -0.0475. The van der Waals surface area contributed by atoms with E-state index in [2.05, 4.69) is 15.2 Å². The number of carbonyl (C=O) groups is 1. The Balaban J connectivity index is 2.05. The fourth-order valence-corrected chi connectivity index (χ4v) is 1.43. The summed E-state index contributed by atoms with van der Waals surface area (Å²) in [6.07, 6.45) is 3.70. The van der Waals surface area contributed by atoms with Crippen LogP contribution in [0.5, 0.6) is 0 Å². The molecule has 1 N–H and O–H groups in total. The van der Waals surface area contributed by atoms with Gasteiger partial charge in [0.05, 0.1) is 5.69 Å². The number of aryl methyl sites for hydroxylation is 3. The van der Waals surface area contributed by atoms with Gasteiger partial charge >= 0.3 is 5.97 Å². The first-order valence-electron chi connectivity index (χ1n) is 4.75. The van der Waals surface area contributed by atoms with Crippen molar-refractivity contribution in [3.05, 3.63) is 30.1 Å². The van der Waals surface area contributed by atoms with Gasteiger partial charge < -0.3 is 5.11 Å². The van der Waals surface area contributed by atoms with Gasteiger partial charge in [0, 0.05) is 20.0 Å². The van der Waals surface area contributed by atoms with Crippen LogP contribution >= 0.6 is 0 Å². The van der Waals surface area contributed by atoms with E-state index in [0.717, 1.165) is 5.69 Å². The molecule has 0 bridgehead atoms. The Kier molecular flexibility index (Phi) is 2.67. The molecule has 0 amide bonds. The first kappa shape index (κ1) is 10.3. The Morgan fingerprint density at radius 2 is 2.38 bits per heavy atom. The van der Waals surface area contributed by atoms with E-state index in [9.17, 15) is 4.79 Å². The van der Waals surface area contributed by atoms with Crippen LogP contribution in [0.25, 0.3) is 0 Å². The van der Waals surface area contributed by atoms with Gasteiger partial charge in [-0.2, -0.15) is 10.2 Å². The molecule has 0 aliphatic heterocycles. The average Bonchev–Trinajstić information content (AvgIpc) is 2.83. The van der Waals surface area contributed by atoms with E-state index in [1.165, 1.54) is 11.0 Å². The predicted molar refractivity (Wildman–Crippen MR) is 53.9 cm³/mol. The summed E-state index contributed by atoms with van der Waals surface area (Å²) >= 11 is 0. The van der Waals surface area contributed by atoms with Gasteiger partial charge in [-0.1, -0.05) is 0 Å². The third kappa shape index (κ3) is 2.08. The standard InChI is InChI=1S/C9H11N5O2/c1-13-8(9(15)16)4-7(12-13)2-3-14-6-10-5-11-14/h4-6H,2-3H2,1H3,(H,15,16). The van der Waals surface area contributed by atoms with Crippen LogP contribution in [-0.4, -0.2) is 35.6 Å². The zero-order valence-electron chi connectivity index (χ0n) is 8.74. The van der Waals surface area contributed by atoms with Crippen molar-refractivity contribution in [1.29, 1.82) is 0 Å². The first-order valence-corrected chi connectivity index (χ1v) is 4.75. The number of hydrogen-bond acceptors (Lipinski definition) is 4. The number of aromatic carboxylic acids is 1. The van der Waals surface area contributed by atoms with E-state index in [1.807, 2.05) is 0 Å². The highest BCUT2D eigenvalue weighted by Crippen LogP contribution is 2.04. The van der Waals surface area contributed by atoms with Gasteiger partial charge in [-0.25, -0.2) is 9.78 Å². The van der Waals surface area contributed by atoms with Crippen molar-refractivity contribution in [3.63, 3.8) is 0 Å². The molecule has 7 nitrogen and oxygen atoms in total. The molecular formula is C9H11N5O2. The highest BCUT2D eigenvalue weighted by atomic mass is 16.4. The lowest BCUT2D eigenvalue weighted by molar-refractivity contribution is 0.0685. The lowest BCUT2D eigenvalue weighted by Gasteiger charge is -1.96. The molecule has 0 spiro atoms. The summed E-state index contributed by atoms with van der Waals surface area (Å²) in [7, 11) is 1.61. The third-order valence-electron chi connectivity index (χ3n) is 2.21. The molecule has 2 aromatic rings. The minimum Gasteiger partial charge on any atom is -0.477 e. The summed E-state index contributed by atoms with van der Waals surface area (Å²) in [5, 5.41) is 16.9. The number of hydrogen-bond donors (Lipinski definition) is 1. The number of carboxylic acid groups (broad SMARTS) is 1. The summed E-state index contributed by atoms with van der Waals surface area (Å²) in [5.41, 5.74) is 0.920. The Morgan fingerprint density at radius 1 is 1.56 bits per heavy atom. The monoisotopic (exact) mass is 221 g/mol. The average molecular weight is 221 g/mol. The van der Waals surface area contributed by atoms with Gasteiger partial charge in [0.15, 0.2) is 0 Å². The zero-order chi connectivity index (χ0) is 11.5. The van der Waals surface area contributed by atoms with E-state index in [1.54, 1.807) is 24.1 Å². The first-order chi connectivity index (χ1) is 7.66. The minimum atomic E-state index is -0.970. The molecule has 0 saturated carbocycles. The Bertz CT molecular complexity index is 488. The normalized spacial score (nSPS) is 10.6. The lowest BCUT2D eigenvalue weighted by Crippen LogP contribution is -2.05. The number of carboxylic acids is 1. The number of rotatable bonds is 4. The molecule has 0 unspecified atom stereocenters. The van der Waals surface area contributed by atoms with Crippen molar-refractivity contribution < 1.29 is 9.90 Å². The maximum Gasteiger partial charge on any atom is 0.354 e. The van der Waals surface area contributed by atoms with Gasteiger partial charge in [-0.3, -0.25) is 9.36 Å². The van der Waals surface area contributed by atoms with E-state index in [4.69, 9.17) is 5.11 Å². The van der Waals surface area contributed by atoms with Crippen LogP contribution in [0, 0.1) is 0 Å². The zero-order valence-corrected chi connectivity index (χ0v) is 8.74. The molecule has 0 aliphatic rings. The van der Waals surface area contributed by atoms with Crippen LogP contribution in [0.2, 0.25) is 0 Å². The number of aromatic nitrogens is 5. The molecule has 7 heteroatoms. The fraction of sp³-hybridized carbons (Fsp3) is 0.333. The molecule has 0 atom stereocenters. The summed E-state index contributed by atoms with van der Waals surface area (Å²) in [6, 6.07) is 1.57. The lowest BCUT2D eigenvalue weighted by atomic mass is 10.3. The van der Waals surface area contributed by atoms with Crippen molar-refractivity contribution in [2.45, 2.75) is 13.0 Å². The van der Waals surface area contributed by atoms with Crippen molar-refractivity contribution in [1.82, 2.24) is 24.5 Å². The molecule has 0 aromatic carbocycles. The van der Waals surface area contributed by atoms with Gasteiger partial charge in [0.1, 0.15) is 18.3 Å². The summed E-state index contributed by atoms with van der Waals surface area (Å²) < 4.78 is 3.04. The maximum absolute atomic E-state index is 10.8. The highest BCUT2D eigenvalue weighted by Gasteiger charge is 2.11. The molecule has 0 saturated heterocycles. The van der Waals surface area contributed by atoms with Gasteiger partial charge in [-0.15, -0.1) is 0 Å². The summed E-state index contributed by atoms with van der Waals surface area (Å²) in [5.74, 6) is -0.970. The van der Waals surface area contributed by atoms with Gasteiger partial charge in [-0.05, 0) is 6.07 Å². The maximum atomic E-state index is 10.8. The summed E-state index contributed by atoms with van der Waals surface area (Å²) in [4.78, 5) is 14.6. The van der Waals surface area contributed by atoms with Crippen LogP contribution in [0.4, 0.5) is 0 Å². The van der Waals surface area contributed by atoms with Crippen LogP contribution in [0.15, 0.2) is 18.7 Å². The second kappa shape index (κ2) is 4.13. The van der Waals surface area contributed by atoms with Crippen LogP contribution < -0.4 is 0 Å². The van der Waals surface area contributed by atoms with E-state index in [0.29, 0.717) is 13.0 Å². The Labute approximate surface area is 91.3 Å². The largest absolute Gasteiger partial charge is 0.477 e. The molecule has 0 aliphatic carbocycles. The molecule has 0 fully saturated rings. The van der Waals surface area contributed by atoms with Crippen molar-refractivity contribution >= 4 is 5.97 Å². The molecular weight excluding hydrogens is 210 g/mol. The molecule has 0 radical (unpaired) electrons. The van der Waals surface area contributed by atoms with Crippen molar-refractivity contribution in [2.24, 2.45) is 7.05 Å². The van der Waals surface area contributed by atoms with Crippen molar-refractivity contribution in [2.75, 3.05) is 0 Å².